The zero-order valence-corrected chi connectivity index (χ0v) is 16.6. The van der Waals surface area contributed by atoms with E-state index in [2.05, 4.69) is 0 Å². The van der Waals surface area contributed by atoms with E-state index >= 15 is 4.39 Å². The van der Waals surface area contributed by atoms with Crippen LogP contribution in [0, 0.1) is 13.8 Å². The molecule has 29 heavy (non-hydrogen) atoms. The molecule has 1 saturated heterocycles. The number of aryl methyl sites for hydroxylation is 2. The third-order valence-corrected chi connectivity index (χ3v) is 6.02. The lowest BCUT2D eigenvalue weighted by atomic mass is 9.92. The molecular formula is C23H23FN2O3. The van der Waals surface area contributed by atoms with Gasteiger partial charge in [-0.1, -0.05) is 18.2 Å². The van der Waals surface area contributed by atoms with Gasteiger partial charge in [-0.25, -0.2) is 4.39 Å². The number of carbonyl (C=O) groups excluding carboxylic acids is 3. The number of nitrogens with zero attached hydrogens (tertiary/aromatic N) is 2. The molecular weight excluding hydrogens is 371 g/mol. The molecule has 1 fully saturated rings. The van der Waals surface area contributed by atoms with Gasteiger partial charge in [0.1, 0.15) is 5.67 Å². The maximum absolute atomic E-state index is 15.5. The van der Waals surface area contributed by atoms with Crippen LogP contribution in [0.15, 0.2) is 42.5 Å². The zero-order chi connectivity index (χ0) is 20.8. The predicted octanol–water partition coefficient (Wildman–Crippen LogP) is 3.54. The van der Waals surface area contributed by atoms with Crippen LogP contribution in [-0.2, 0) is 0 Å². The molecule has 2 aliphatic heterocycles. The molecule has 0 spiro atoms. The second kappa shape index (κ2) is 7.10. The molecule has 2 heterocycles. The number of halogens is 1. The summed E-state index contributed by atoms with van der Waals surface area (Å²) in [5, 5.41) is 0. The summed E-state index contributed by atoms with van der Waals surface area (Å²) in [6.45, 7) is 4.18. The van der Waals surface area contributed by atoms with Crippen molar-refractivity contribution in [3.05, 3.63) is 70.3 Å². The van der Waals surface area contributed by atoms with Crippen molar-refractivity contribution in [1.29, 1.82) is 0 Å². The first kappa shape index (κ1) is 19.3. The molecule has 3 amide bonds. The van der Waals surface area contributed by atoms with Crippen LogP contribution in [0.25, 0.3) is 0 Å². The van der Waals surface area contributed by atoms with E-state index in [1.54, 1.807) is 35.2 Å². The Bertz CT molecular complexity index is 974. The molecule has 0 aromatic heterocycles. The third kappa shape index (κ3) is 3.43. The monoisotopic (exact) mass is 394 g/mol. The molecule has 4 rings (SSSR count). The minimum Gasteiger partial charge on any atom is -0.338 e. The number of amides is 3. The number of carbonyl (C=O) groups is 3. The summed E-state index contributed by atoms with van der Waals surface area (Å²) in [6, 6.07) is 12.1. The fraction of sp³-hybridized carbons (Fsp3) is 0.348. The van der Waals surface area contributed by atoms with Crippen molar-refractivity contribution >= 4 is 17.7 Å². The normalized spacial score (nSPS) is 18.2. The van der Waals surface area contributed by atoms with Gasteiger partial charge in [0.15, 0.2) is 0 Å². The molecule has 0 aliphatic carbocycles. The van der Waals surface area contributed by atoms with Gasteiger partial charge >= 0.3 is 0 Å². The Morgan fingerprint density at radius 3 is 2.10 bits per heavy atom. The quantitative estimate of drug-likeness (QED) is 0.748. The first-order valence-electron chi connectivity index (χ1n) is 9.80. The Kier molecular flexibility index (Phi) is 4.73. The molecule has 0 radical (unpaired) electrons. The van der Waals surface area contributed by atoms with Gasteiger partial charge in [-0.3, -0.25) is 19.3 Å². The van der Waals surface area contributed by atoms with E-state index in [9.17, 15) is 14.4 Å². The number of alkyl halides is 1. The Labute approximate surface area is 169 Å². The smallest absolute Gasteiger partial charge is 0.261 e. The van der Waals surface area contributed by atoms with E-state index in [-0.39, 0.29) is 38.4 Å². The topological polar surface area (TPSA) is 57.7 Å². The maximum atomic E-state index is 15.5. The van der Waals surface area contributed by atoms with Crippen molar-refractivity contribution in [1.82, 2.24) is 9.80 Å². The van der Waals surface area contributed by atoms with Crippen LogP contribution in [0.5, 0.6) is 0 Å². The SMILES string of the molecule is Cc1ccc(C(=O)N2CCC(F)(CN3C(=O)c4ccccc4C3=O)CC2)cc1C. The number of benzene rings is 2. The number of hydrogen-bond donors (Lipinski definition) is 0. The van der Waals surface area contributed by atoms with Crippen LogP contribution >= 0.6 is 0 Å². The molecule has 2 aliphatic rings. The van der Waals surface area contributed by atoms with Crippen molar-refractivity contribution in [2.45, 2.75) is 32.4 Å². The second-order valence-electron chi connectivity index (χ2n) is 7.98. The van der Waals surface area contributed by atoms with Crippen LogP contribution in [-0.4, -0.2) is 52.8 Å². The fourth-order valence-electron chi connectivity index (χ4n) is 3.99. The Morgan fingerprint density at radius 2 is 1.55 bits per heavy atom. The maximum Gasteiger partial charge on any atom is 0.261 e. The van der Waals surface area contributed by atoms with Gasteiger partial charge in [0.25, 0.3) is 17.7 Å². The van der Waals surface area contributed by atoms with Gasteiger partial charge in [-0.05, 0) is 49.2 Å². The molecule has 0 unspecified atom stereocenters. The van der Waals surface area contributed by atoms with Crippen molar-refractivity contribution in [2.24, 2.45) is 0 Å². The van der Waals surface area contributed by atoms with Crippen molar-refractivity contribution in [3.63, 3.8) is 0 Å². The van der Waals surface area contributed by atoms with Crippen molar-refractivity contribution in [2.75, 3.05) is 19.6 Å². The summed E-state index contributed by atoms with van der Waals surface area (Å²) < 4.78 is 15.5. The minimum atomic E-state index is -1.69. The Hall–Kier alpha value is -3.02. The number of hydrogen-bond acceptors (Lipinski definition) is 3. The predicted molar refractivity (Wildman–Crippen MR) is 107 cm³/mol. The van der Waals surface area contributed by atoms with Gasteiger partial charge in [-0.15, -0.1) is 0 Å². The Balaban J connectivity index is 1.42. The molecule has 5 nitrogen and oxygen atoms in total. The van der Waals surface area contributed by atoms with Gasteiger partial charge in [0.05, 0.1) is 17.7 Å². The average Bonchev–Trinajstić information content (AvgIpc) is 2.95. The third-order valence-electron chi connectivity index (χ3n) is 6.02. The highest BCUT2D eigenvalue weighted by Gasteiger charge is 2.44. The molecule has 6 heteroatoms. The molecule has 2 aromatic carbocycles. The standard InChI is InChI=1S/C23H23FN2O3/c1-15-7-8-17(13-16(15)2)20(27)25-11-9-23(24,10-12-25)14-26-21(28)18-5-3-4-6-19(18)22(26)29/h3-8,13H,9-12,14H2,1-2H3. The lowest BCUT2D eigenvalue weighted by Gasteiger charge is -2.38. The fourth-order valence-corrected chi connectivity index (χ4v) is 3.99. The number of piperidine rings is 1. The largest absolute Gasteiger partial charge is 0.338 e. The van der Waals surface area contributed by atoms with Gasteiger partial charge in [0, 0.05) is 31.5 Å². The van der Waals surface area contributed by atoms with Crippen LogP contribution in [0.2, 0.25) is 0 Å². The van der Waals surface area contributed by atoms with Gasteiger partial charge in [-0.2, -0.15) is 0 Å². The molecule has 0 atom stereocenters. The first-order chi connectivity index (χ1) is 13.8. The van der Waals surface area contributed by atoms with Gasteiger partial charge in [0.2, 0.25) is 0 Å². The summed E-state index contributed by atoms with van der Waals surface area (Å²) in [5.41, 5.74) is 1.71. The number of imide groups is 1. The van der Waals surface area contributed by atoms with E-state index in [0.717, 1.165) is 16.0 Å². The van der Waals surface area contributed by atoms with E-state index in [1.807, 2.05) is 26.0 Å². The average molecular weight is 394 g/mol. The molecule has 0 saturated carbocycles. The lowest BCUT2D eigenvalue weighted by Crippen LogP contribution is -2.50. The molecule has 2 aromatic rings. The van der Waals surface area contributed by atoms with Crippen LogP contribution < -0.4 is 0 Å². The molecule has 0 N–H and O–H groups in total. The van der Waals surface area contributed by atoms with Crippen LogP contribution in [0.3, 0.4) is 0 Å². The van der Waals surface area contributed by atoms with Gasteiger partial charge < -0.3 is 4.90 Å². The van der Waals surface area contributed by atoms with Crippen LogP contribution in [0.1, 0.15) is 55.0 Å². The van der Waals surface area contributed by atoms with E-state index in [1.165, 1.54) is 0 Å². The summed E-state index contributed by atoms with van der Waals surface area (Å²) in [7, 11) is 0. The summed E-state index contributed by atoms with van der Waals surface area (Å²) in [5.74, 6) is -1.01. The van der Waals surface area contributed by atoms with Crippen molar-refractivity contribution < 1.29 is 18.8 Å². The Morgan fingerprint density at radius 1 is 0.966 bits per heavy atom. The number of fused-ring (bicyclic) bond motifs is 1. The van der Waals surface area contributed by atoms with E-state index in [4.69, 9.17) is 0 Å². The highest BCUT2D eigenvalue weighted by Crippen LogP contribution is 2.32. The van der Waals surface area contributed by atoms with Crippen molar-refractivity contribution in [3.8, 4) is 0 Å². The first-order valence-corrected chi connectivity index (χ1v) is 9.80. The second-order valence-corrected chi connectivity index (χ2v) is 7.98. The van der Waals surface area contributed by atoms with Crippen LogP contribution in [0.4, 0.5) is 4.39 Å². The summed E-state index contributed by atoms with van der Waals surface area (Å²) in [4.78, 5) is 40.4. The number of likely N-dealkylation sites (tertiary alicyclic amines) is 1. The lowest BCUT2D eigenvalue weighted by molar-refractivity contribution is 0.0215. The summed E-state index contributed by atoms with van der Waals surface area (Å²) in [6.07, 6.45) is 0.188. The molecule has 150 valence electrons. The minimum absolute atomic E-state index is 0.0942. The molecule has 0 bridgehead atoms. The van der Waals surface area contributed by atoms with E-state index in [0.29, 0.717) is 16.7 Å². The highest BCUT2D eigenvalue weighted by molar-refractivity contribution is 6.21. The number of rotatable bonds is 3. The van der Waals surface area contributed by atoms with E-state index < -0.39 is 17.5 Å². The summed E-state index contributed by atoms with van der Waals surface area (Å²) >= 11 is 0. The zero-order valence-electron chi connectivity index (χ0n) is 16.6. The highest BCUT2D eigenvalue weighted by atomic mass is 19.1.